The predicted octanol–water partition coefficient (Wildman–Crippen LogP) is 5.42. The molecule has 188 valence electrons. The predicted molar refractivity (Wildman–Crippen MR) is 131 cm³/mol. The Morgan fingerprint density at radius 1 is 1.17 bits per heavy atom. The Balaban J connectivity index is 1.79. The van der Waals surface area contributed by atoms with Crippen molar-refractivity contribution in [1.82, 2.24) is 24.5 Å². The van der Waals surface area contributed by atoms with E-state index in [4.69, 9.17) is 4.74 Å². The monoisotopic (exact) mass is 626 g/mol. The Hall–Kier alpha value is -3.23. The Labute approximate surface area is 219 Å². The Kier molecular flexibility index (Phi) is 7.47. The third-order valence-electron chi connectivity index (χ3n) is 5.35. The van der Waals surface area contributed by atoms with Crippen molar-refractivity contribution in [2.75, 3.05) is 0 Å². The molecule has 3 aromatic heterocycles. The van der Waals surface area contributed by atoms with Crippen LogP contribution in [0.4, 0.5) is 14.6 Å². The molecule has 14 heteroatoms. The molecule has 36 heavy (non-hydrogen) atoms. The lowest BCUT2D eigenvalue weighted by Crippen LogP contribution is -2.15. The Bertz CT molecular complexity index is 1440. The van der Waals surface area contributed by atoms with E-state index < -0.39 is 34.6 Å². The van der Waals surface area contributed by atoms with Crippen LogP contribution in [0.2, 0.25) is 0 Å². The summed E-state index contributed by atoms with van der Waals surface area (Å²) in [5.41, 5.74) is 0.499. The molecule has 2 unspecified atom stereocenters. The van der Waals surface area contributed by atoms with Crippen LogP contribution >= 0.6 is 31.9 Å². The van der Waals surface area contributed by atoms with Gasteiger partial charge in [0.25, 0.3) is 0 Å². The van der Waals surface area contributed by atoms with Gasteiger partial charge in [-0.1, -0.05) is 0 Å². The molecule has 0 aliphatic carbocycles. The van der Waals surface area contributed by atoms with Crippen LogP contribution in [0, 0.1) is 21.7 Å². The van der Waals surface area contributed by atoms with E-state index in [1.54, 1.807) is 11.6 Å². The number of aryl methyl sites for hydroxylation is 1. The van der Waals surface area contributed by atoms with Crippen molar-refractivity contribution >= 4 is 37.7 Å². The van der Waals surface area contributed by atoms with Crippen molar-refractivity contribution in [3.63, 3.8) is 0 Å². The number of benzene rings is 1. The fourth-order valence-corrected chi connectivity index (χ4v) is 4.62. The van der Waals surface area contributed by atoms with Crippen LogP contribution < -0.4 is 4.74 Å². The van der Waals surface area contributed by atoms with E-state index in [2.05, 4.69) is 47.0 Å². The third kappa shape index (κ3) is 4.88. The third-order valence-corrected chi connectivity index (χ3v) is 6.65. The second-order valence-electron chi connectivity index (χ2n) is 7.59. The average Bonchev–Trinajstić information content (AvgIpc) is 3.40. The van der Waals surface area contributed by atoms with Crippen molar-refractivity contribution in [1.29, 1.82) is 0 Å². The quantitative estimate of drug-likeness (QED) is 0.205. The summed E-state index contributed by atoms with van der Waals surface area (Å²) in [6, 6.07) is 5.02. The molecule has 0 aliphatic heterocycles. The maximum atomic E-state index is 14.9. The van der Waals surface area contributed by atoms with Gasteiger partial charge in [-0.05, 0) is 73.8 Å². The highest BCUT2D eigenvalue weighted by atomic mass is 79.9. The molecular weight excluding hydrogens is 610 g/mol. The zero-order valence-electron chi connectivity index (χ0n) is 18.8. The zero-order valence-corrected chi connectivity index (χ0v) is 21.9. The highest BCUT2D eigenvalue weighted by Gasteiger charge is 2.28. The van der Waals surface area contributed by atoms with Crippen LogP contribution in [0.5, 0.6) is 5.75 Å². The maximum Gasteiger partial charge on any atom is 0.406 e. The van der Waals surface area contributed by atoms with Crippen LogP contribution in [-0.2, 0) is 6.54 Å². The van der Waals surface area contributed by atoms with Crippen molar-refractivity contribution in [3.05, 3.63) is 90.5 Å². The molecule has 4 rings (SSSR count). The minimum absolute atomic E-state index is 0.153. The molecule has 0 amide bonds. The lowest BCUT2D eigenvalue weighted by molar-refractivity contribution is -0.390. The number of nitro groups is 1. The summed E-state index contributed by atoms with van der Waals surface area (Å²) in [6.07, 6.45) is 1.16. The Morgan fingerprint density at radius 3 is 2.58 bits per heavy atom. The zero-order chi connectivity index (χ0) is 26.1. The van der Waals surface area contributed by atoms with Gasteiger partial charge >= 0.3 is 5.82 Å². The van der Waals surface area contributed by atoms with E-state index in [9.17, 15) is 24.0 Å². The van der Waals surface area contributed by atoms with Gasteiger partial charge in [-0.25, -0.2) is 13.5 Å². The molecule has 0 bridgehead atoms. The fourth-order valence-electron chi connectivity index (χ4n) is 3.65. The van der Waals surface area contributed by atoms with Crippen molar-refractivity contribution in [3.8, 4) is 11.4 Å². The van der Waals surface area contributed by atoms with Gasteiger partial charge in [0.15, 0.2) is 12.0 Å². The average molecular weight is 628 g/mol. The summed E-state index contributed by atoms with van der Waals surface area (Å²) in [5, 5.41) is 30.7. The number of nitrogens with zero attached hydrogens (tertiary/aromatic N) is 6. The van der Waals surface area contributed by atoms with Crippen LogP contribution in [0.3, 0.4) is 0 Å². The van der Waals surface area contributed by atoms with Crippen molar-refractivity contribution < 1.29 is 23.5 Å². The summed E-state index contributed by atoms with van der Waals surface area (Å²) in [5.74, 6) is -2.09. The van der Waals surface area contributed by atoms with Crippen molar-refractivity contribution in [2.24, 2.45) is 0 Å². The molecule has 0 aliphatic rings. The summed E-state index contributed by atoms with van der Waals surface area (Å²) in [6.45, 7) is 3.92. The first-order valence-corrected chi connectivity index (χ1v) is 12.1. The number of halogens is 4. The SMILES string of the molecule is CCn1ncc(C(O)c2c(F)cnn2-c2ccc(F)cc2C(C)Oc2cc(Br)cnc2[N+](=O)[O-])c1Br. The van der Waals surface area contributed by atoms with Gasteiger partial charge in [-0.2, -0.15) is 10.2 Å². The van der Waals surface area contributed by atoms with E-state index in [-0.39, 0.29) is 22.7 Å². The summed E-state index contributed by atoms with van der Waals surface area (Å²) in [7, 11) is 0. The minimum atomic E-state index is -1.47. The van der Waals surface area contributed by atoms with Crippen LogP contribution in [0.25, 0.3) is 5.69 Å². The highest BCUT2D eigenvalue weighted by molar-refractivity contribution is 9.10. The second-order valence-corrected chi connectivity index (χ2v) is 9.26. The molecule has 0 saturated carbocycles. The largest absolute Gasteiger partial charge is 0.478 e. The number of ether oxygens (including phenoxy) is 1. The van der Waals surface area contributed by atoms with E-state index in [1.165, 1.54) is 24.5 Å². The van der Waals surface area contributed by atoms with Crippen LogP contribution in [0.15, 0.2) is 51.9 Å². The first kappa shape index (κ1) is 25.9. The molecule has 1 aromatic carbocycles. The molecule has 4 aromatic rings. The number of aromatic nitrogens is 5. The van der Waals surface area contributed by atoms with E-state index in [1.807, 2.05) is 6.92 Å². The second kappa shape index (κ2) is 10.4. The van der Waals surface area contributed by atoms with Gasteiger partial charge in [0.05, 0.1) is 22.6 Å². The number of pyridine rings is 1. The molecular formula is C22H18Br2F2N6O4. The Morgan fingerprint density at radius 2 is 1.92 bits per heavy atom. The van der Waals surface area contributed by atoms with Gasteiger partial charge in [-0.15, -0.1) is 0 Å². The molecule has 10 nitrogen and oxygen atoms in total. The lowest BCUT2D eigenvalue weighted by Gasteiger charge is -2.20. The summed E-state index contributed by atoms with van der Waals surface area (Å²) in [4.78, 5) is 14.4. The highest BCUT2D eigenvalue weighted by Crippen LogP contribution is 2.36. The fraction of sp³-hybridized carbons (Fsp3) is 0.227. The van der Waals surface area contributed by atoms with E-state index in [0.717, 1.165) is 23.0 Å². The number of hydrogen-bond donors (Lipinski definition) is 1. The molecule has 3 heterocycles. The maximum absolute atomic E-state index is 14.9. The van der Waals surface area contributed by atoms with Gasteiger partial charge in [0.1, 0.15) is 28.3 Å². The van der Waals surface area contributed by atoms with E-state index in [0.29, 0.717) is 21.2 Å². The van der Waals surface area contributed by atoms with E-state index >= 15 is 0 Å². The molecule has 1 N–H and O–H groups in total. The summed E-state index contributed by atoms with van der Waals surface area (Å²) < 4.78 is 38.6. The smallest absolute Gasteiger partial charge is 0.406 e. The molecule has 2 atom stereocenters. The minimum Gasteiger partial charge on any atom is -0.478 e. The molecule has 0 saturated heterocycles. The first-order chi connectivity index (χ1) is 17.1. The number of hydrogen-bond acceptors (Lipinski definition) is 7. The van der Waals surface area contributed by atoms with Gasteiger partial charge in [0.2, 0.25) is 5.75 Å². The number of aliphatic hydroxyl groups excluding tert-OH is 1. The van der Waals surface area contributed by atoms with Gasteiger partial charge < -0.3 is 20.0 Å². The van der Waals surface area contributed by atoms with Gasteiger partial charge in [-0.3, -0.25) is 4.68 Å². The molecule has 0 spiro atoms. The normalized spacial score (nSPS) is 13.0. The van der Waals surface area contributed by atoms with Crippen molar-refractivity contribution in [2.45, 2.75) is 32.6 Å². The molecule has 0 fully saturated rings. The first-order valence-electron chi connectivity index (χ1n) is 10.5. The molecule has 0 radical (unpaired) electrons. The summed E-state index contributed by atoms with van der Waals surface area (Å²) >= 11 is 6.56. The van der Waals surface area contributed by atoms with Crippen LogP contribution in [-0.4, -0.2) is 34.6 Å². The number of aliphatic hydroxyl groups is 1. The lowest BCUT2D eigenvalue weighted by atomic mass is 10.1. The van der Waals surface area contributed by atoms with Crippen LogP contribution in [0.1, 0.15) is 42.9 Å². The number of rotatable bonds is 8. The topological polar surface area (TPSA) is 121 Å². The van der Waals surface area contributed by atoms with Gasteiger partial charge in [0, 0.05) is 23.7 Å². The standard InChI is InChI=1S/C22H18Br2F2N6O4/c1-3-30-21(24)15(9-28-30)20(33)19-16(26)10-29-31(19)17-5-4-13(25)7-14(17)11(2)36-18-6-12(23)8-27-22(18)32(34)35/h4-11,20,33H,3H2,1-2H3.